The Morgan fingerprint density at radius 1 is 1.05 bits per heavy atom. The Bertz CT molecular complexity index is 737. The molecule has 0 saturated heterocycles. The maximum Gasteiger partial charge on any atom is 0.249 e. The van der Waals surface area contributed by atoms with Gasteiger partial charge in [0.2, 0.25) is 5.91 Å². The summed E-state index contributed by atoms with van der Waals surface area (Å²) in [6.07, 6.45) is 4.98. The second-order valence-corrected chi connectivity index (χ2v) is 4.80. The zero-order valence-corrected chi connectivity index (χ0v) is 11.8. The van der Waals surface area contributed by atoms with Crippen LogP contribution in [0.5, 0.6) is 0 Å². The van der Waals surface area contributed by atoms with Crippen molar-refractivity contribution in [2.45, 2.75) is 6.04 Å². The van der Waals surface area contributed by atoms with Gasteiger partial charge < -0.3 is 15.5 Å². The van der Waals surface area contributed by atoms with Gasteiger partial charge in [0.05, 0.1) is 6.26 Å². The van der Waals surface area contributed by atoms with Crippen LogP contribution in [0, 0.1) is 0 Å². The third-order valence-electron chi connectivity index (χ3n) is 3.30. The largest absolute Gasteiger partial charge is 0.467 e. The van der Waals surface area contributed by atoms with Crippen LogP contribution in [-0.2, 0) is 4.79 Å². The van der Waals surface area contributed by atoms with Crippen molar-refractivity contribution in [3.63, 3.8) is 0 Å². The van der Waals surface area contributed by atoms with Gasteiger partial charge in [-0.05, 0) is 47.5 Å². The average Bonchev–Trinajstić information content (AvgIpc) is 3.10. The first-order chi connectivity index (χ1) is 10.7. The van der Waals surface area contributed by atoms with E-state index in [0.29, 0.717) is 11.4 Å². The normalized spacial score (nSPS) is 11.9. The molecule has 0 spiro atoms. The maximum absolute atomic E-state index is 12.1. The number of hydrogen-bond acceptors (Lipinski definition) is 4. The van der Waals surface area contributed by atoms with Crippen LogP contribution in [0.15, 0.2) is 71.6 Å². The fourth-order valence-corrected chi connectivity index (χ4v) is 2.11. The van der Waals surface area contributed by atoms with Crippen molar-refractivity contribution in [1.29, 1.82) is 0 Å². The Morgan fingerprint density at radius 2 is 1.73 bits per heavy atom. The predicted molar refractivity (Wildman–Crippen MR) is 83.9 cm³/mol. The predicted octanol–water partition coefficient (Wildman–Crippen LogP) is 2.98. The molecule has 3 rings (SSSR count). The molecule has 0 aliphatic heterocycles. The molecule has 0 aliphatic carbocycles. The molecule has 0 fully saturated rings. The Balaban J connectivity index is 1.70. The molecule has 110 valence electrons. The first kappa shape index (κ1) is 14.0. The summed E-state index contributed by atoms with van der Waals surface area (Å²) >= 11 is 0. The summed E-state index contributed by atoms with van der Waals surface area (Å²) in [6.45, 7) is 0. The van der Waals surface area contributed by atoms with Crippen molar-refractivity contribution >= 4 is 11.6 Å². The molecular weight excluding hydrogens is 278 g/mol. The summed E-state index contributed by atoms with van der Waals surface area (Å²) in [5.41, 5.74) is 8.65. The van der Waals surface area contributed by atoms with Gasteiger partial charge in [-0.2, -0.15) is 0 Å². The van der Waals surface area contributed by atoms with E-state index >= 15 is 0 Å². The number of carbonyl (C=O) groups excluding carboxylic acids is 1. The lowest BCUT2D eigenvalue weighted by molar-refractivity contribution is -0.117. The van der Waals surface area contributed by atoms with E-state index in [-0.39, 0.29) is 5.91 Å². The highest BCUT2D eigenvalue weighted by molar-refractivity contribution is 5.95. The minimum atomic E-state index is -0.824. The van der Waals surface area contributed by atoms with Gasteiger partial charge in [0.15, 0.2) is 0 Å². The second kappa shape index (κ2) is 6.24. The van der Waals surface area contributed by atoms with Gasteiger partial charge in [-0.15, -0.1) is 0 Å². The van der Waals surface area contributed by atoms with Crippen molar-refractivity contribution in [3.05, 3.63) is 72.9 Å². The smallest absolute Gasteiger partial charge is 0.249 e. The van der Waals surface area contributed by atoms with Crippen LogP contribution in [0.25, 0.3) is 11.1 Å². The highest BCUT2D eigenvalue weighted by Gasteiger charge is 2.18. The second-order valence-electron chi connectivity index (χ2n) is 4.80. The number of carbonyl (C=O) groups is 1. The van der Waals surface area contributed by atoms with Crippen LogP contribution in [0.1, 0.15) is 11.8 Å². The molecular formula is C17H15N3O2. The number of furan rings is 1. The standard InChI is InChI=1S/C17H15N3O2/c18-16(15-2-1-11-22-15)17(21)20-14-5-3-12(4-6-14)13-7-9-19-10-8-13/h1-11,16H,18H2,(H,20,21). The van der Waals surface area contributed by atoms with E-state index in [4.69, 9.17) is 10.2 Å². The van der Waals surface area contributed by atoms with Crippen molar-refractivity contribution in [3.8, 4) is 11.1 Å². The third kappa shape index (κ3) is 3.05. The van der Waals surface area contributed by atoms with Gasteiger partial charge in [-0.3, -0.25) is 9.78 Å². The maximum atomic E-state index is 12.1. The van der Waals surface area contributed by atoms with E-state index in [1.165, 1.54) is 6.26 Å². The fraction of sp³-hybridized carbons (Fsp3) is 0.0588. The Labute approximate surface area is 127 Å². The van der Waals surface area contributed by atoms with E-state index in [1.54, 1.807) is 24.5 Å². The van der Waals surface area contributed by atoms with Gasteiger partial charge >= 0.3 is 0 Å². The molecule has 3 aromatic rings. The number of hydrogen-bond donors (Lipinski definition) is 2. The number of nitrogens with two attached hydrogens (primary N) is 1. The van der Waals surface area contributed by atoms with Crippen LogP contribution in [-0.4, -0.2) is 10.9 Å². The zero-order valence-electron chi connectivity index (χ0n) is 11.8. The molecule has 1 atom stereocenters. The first-order valence-electron chi connectivity index (χ1n) is 6.84. The van der Waals surface area contributed by atoms with E-state index in [2.05, 4.69) is 10.3 Å². The Morgan fingerprint density at radius 3 is 2.36 bits per heavy atom. The number of nitrogens with one attached hydrogen (secondary N) is 1. The molecule has 0 bridgehead atoms. The Hall–Kier alpha value is -2.92. The number of amides is 1. The molecule has 3 N–H and O–H groups in total. The van der Waals surface area contributed by atoms with Crippen molar-refractivity contribution in [1.82, 2.24) is 4.98 Å². The molecule has 2 heterocycles. The van der Waals surface area contributed by atoms with E-state index < -0.39 is 6.04 Å². The molecule has 1 unspecified atom stereocenters. The van der Waals surface area contributed by atoms with Crippen LogP contribution < -0.4 is 11.1 Å². The molecule has 1 amide bonds. The molecule has 1 aromatic carbocycles. The first-order valence-corrected chi connectivity index (χ1v) is 6.84. The summed E-state index contributed by atoms with van der Waals surface area (Å²) in [4.78, 5) is 16.1. The van der Waals surface area contributed by atoms with Crippen molar-refractivity contribution < 1.29 is 9.21 Å². The lowest BCUT2D eigenvalue weighted by Crippen LogP contribution is -2.27. The van der Waals surface area contributed by atoms with E-state index in [0.717, 1.165) is 11.1 Å². The summed E-state index contributed by atoms with van der Waals surface area (Å²) < 4.78 is 5.14. The summed E-state index contributed by atoms with van der Waals surface area (Å²) in [6, 6.07) is 14.0. The molecule has 0 radical (unpaired) electrons. The van der Waals surface area contributed by atoms with Crippen LogP contribution >= 0.6 is 0 Å². The van der Waals surface area contributed by atoms with E-state index in [9.17, 15) is 4.79 Å². The minimum absolute atomic E-state index is 0.313. The molecule has 2 aromatic heterocycles. The average molecular weight is 293 g/mol. The molecule has 5 nitrogen and oxygen atoms in total. The number of nitrogens with zero attached hydrogens (tertiary/aromatic N) is 1. The lowest BCUT2D eigenvalue weighted by atomic mass is 10.1. The number of rotatable bonds is 4. The molecule has 0 aliphatic rings. The molecule has 5 heteroatoms. The van der Waals surface area contributed by atoms with Crippen molar-refractivity contribution in [2.24, 2.45) is 5.73 Å². The van der Waals surface area contributed by atoms with Gasteiger partial charge in [-0.25, -0.2) is 0 Å². The van der Waals surface area contributed by atoms with E-state index in [1.807, 2.05) is 36.4 Å². The SMILES string of the molecule is NC(C(=O)Nc1ccc(-c2ccncc2)cc1)c1ccco1. The zero-order chi connectivity index (χ0) is 15.4. The number of benzene rings is 1. The lowest BCUT2D eigenvalue weighted by Gasteiger charge is -2.10. The molecule has 22 heavy (non-hydrogen) atoms. The van der Waals surface area contributed by atoms with Crippen LogP contribution in [0.3, 0.4) is 0 Å². The van der Waals surface area contributed by atoms with Crippen LogP contribution in [0.2, 0.25) is 0 Å². The highest BCUT2D eigenvalue weighted by Crippen LogP contribution is 2.21. The quantitative estimate of drug-likeness (QED) is 0.775. The highest BCUT2D eigenvalue weighted by atomic mass is 16.3. The van der Waals surface area contributed by atoms with Gasteiger partial charge in [-0.1, -0.05) is 12.1 Å². The molecule has 0 saturated carbocycles. The number of aromatic nitrogens is 1. The van der Waals surface area contributed by atoms with Crippen LogP contribution in [0.4, 0.5) is 5.69 Å². The number of anilines is 1. The monoisotopic (exact) mass is 293 g/mol. The van der Waals surface area contributed by atoms with Gasteiger partial charge in [0.1, 0.15) is 11.8 Å². The van der Waals surface area contributed by atoms with Gasteiger partial charge in [0, 0.05) is 18.1 Å². The minimum Gasteiger partial charge on any atom is -0.467 e. The fourth-order valence-electron chi connectivity index (χ4n) is 2.11. The number of pyridine rings is 1. The van der Waals surface area contributed by atoms with Gasteiger partial charge in [0.25, 0.3) is 0 Å². The van der Waals surface area contributed by atoms with Crippen molar-refractivity contribution in [2.75, 3.05) is 5.32 Å². The Kier molecular flexibility index (Phi) is 3.98. The summed E-state index contributed by atoms with van der Waals surface area (Å²) in [5, 5.41) is 2.77. The third-order valence-corrected chi connectivity index (χ3v) is 3.30. The summed E-state index contributed by atoms with van der Waals surface area (Å²) in [5.74, 6) is 0.123. The summed E-state index contributed by atoms with van der Waals surface area (Å²) in [7, 11) is 0. The topological polar surface area (TPSA) is 81.2 Å².